The number of hydrogen-bond acceptors (Lipinski definition) is 1. The number of nitrogens with zero attached hydrogens (tertiary/aromatic N) is 1. The van der Waals surface area contributed by atoms with E-state index in [1.165, 1.54) is 56.2 Å². The van der Waals surface area contributed by atoms with Crippen molar-refractivity contribution >= 4 is 0 Å². The van der Waals surface area contributed by atoms with Crippen LogP contribution in [0.3, 0.4) is 0 Å². The van der Waals surface area contributed by atoms with E-state index in [1.807, 2.05) is 0 Å². The summed E-state index contributed by atoms with van der Waals surface area (Å²) in [5, 5.41) is 0. The van der Waals surface area contributed by atoms with Gasteiger partial charge >= 0.3 is 0 Å². The number of fused-ring (bicyclic) bond motifs is 1. The van der Waals surface area contributed by atoms with E-state index in [0.29, 0.717) is 0 Å². The molecular weight excluding hydrogens is 232 g/mol. The molecule has 1 saturated carbocycles. The average Bonchev–Trinajstić information content (AvgIpc) is 2.57. The molecule has 3 unspecified atom stereocenters. The third kappa shape index (κ3) is 2.35. The largest absolute Gasteiger partial charge is 0.345 e. The summed E-state index contributed by atoms with van der Waals surface area (Å²) in [5.41, 5.74) is 10.8. The molecule has 1 aromatic rings. The van der Waals surface area contributed by atoms with E-state index in [0.717, 1.165) is 18.4 Å². The van der Waals surface area contributed by atoms with Gasteiger partial charge in [-0.3, -0.25) is 0 Å². The standard InChI is InChI=1S/C17H28N2/c1-12-7-4-3-5-9-16(12)19-13(2)11-14-15(18)8-6-10-17(14)19/h11-12,15-16H,3-10,18H2,1-2H3. The molecule has 0 spiro atoms. The van der Waals surface area contributed by atoms with Gasteiger partial charge in [0.15, 0.2) is 0 Å². The van der Waals surface area contributed by atoms with Crippen LogP contribution in [-0.4, -0.2) is 4.57 Å². The number of aromatic nitrogens is 1. The molecule has 3 rings (SSSR count). The van der Waals surface area contributed by atoms with Crippen molar-refractivity contribution in [3.63, 3.8) is 0 Å². The zero-order chi connectivity index (χ0) is 13.4. The molecule has 2 aliphatic rings. The van der Waals surface area contributed by atoms with Crippen LogP contribution in [0, 0.1) is 12.8 Å². The van der Waals surface area contributed by atoms with Crippen LogP contribution in [-0.2, 0) is 6.42 Å². The Morgan fingerprint density at radius 3 is 2.74 bits per heavy atom. The minimum atomic E-state index is 0.282. The van der Waals surface area contributed by atoms with Crippen molar-refractivity contribution < 1.29 is 0 Å². The van der Waals surface area contributed by atoms with Crippen LogP contribution >= 0.6 is 0 Å². The second kappa shape index (κ2) is 5.32. The molecule has 0 bridgehead atoms. The van der Waals surface area contributed by atoms with Crippen molar-refractivity contribution in [3.05, 3.63) is 23.0 Å². The predicted octanol–water partition coefficient (Wildman–Crippen LogP) is 4.27. The van der Waals surface area contributed by atoms with Gasteiger partial charge in [-0.1, -0.05) is 26.2 Å². The van der Waals surface area contributed by atoms with Crippen molar-refractivity contribution in [1.82, 2.24) is 4.57 Å². The fraction of sp³-hybridized carbons (Fsp3) is 0.765. The molecule has 0 aromatic carbocycles. The van der Waals surface area contributed by atoms with Crippen molar-refractivity contribution in [1.29, 1.82) is 0 Å². The summed E-state index contributed by atoms with van der Waals surface area (Å²) in [4.78, 5) is 0. The summed E-state index contributed by atoms with van der Waals surface area (Å²) in [6.07, 6.45) is 10.6. The molecule has 19 heavy (non-hydrogen) atoms. The summed E-state index contributed by atoms with van der Waals surface area (Å²) in [6.45, 7) is 4.73. The molecule has 2 heteroatoms. The van der Waals surface area contributed by atoms with Gasteiger partial charge in [0.1, 0.15) is 0 Å². The van der Waals surface area contributed by atoms with Crippen LogP contribution in [0.5, 0.6) is 0 Å². The first kappa shape index (κ1) is 13.2. The molecule has 0 saturated heterocycles. The minimum absolute atomic E-state index is 0.282. The van der Waals surface area contributed by atoms with E-state index in [1.54, 1.807) is 5.69 Å². The number of aryl methyl sites for hydroxylation is 1. The normalized spacial score (nSPS) is 31.8. The van der Waals surface area contributed by atoms with Gasteiger partial charge < -0.3 is 10.3 Å². The summed E-state index contributed by atoms with van der Waals surface area (Å²) in [5.74, 6) is 0.816. The van der Waals surface area contributed by atoms with Crippen LogP contribution in [0.4, 0.5) is 0 Å². The van der Waals surface area contributed by atoms with Gasteiger partial charge in [-0.05, 0) is 56.6 Å². The SMILES string of the molecule is Cc1cc2c(n1C1CCCCCC1C)CCCC2N. The van der Waals surface area contributed by atoms with Gasteiger partial charge in [0, 0.05) is 23.5 Å². The topological polar surface area (TPSA) is 30.9 Å². The summed E-state index contributed by atoms with van der Waals surface area (Å²) in [7, 11) is 0. The lowest BCUT2D eigenvalue weighted by Crippen LogP contribution is -2.23. The Balaban J connectivity index is 1.99. The minimum Gasteiger partial charge on any atom is -0.345 e. The number of hydrogen-bond donors (Lipinski definition) is 1. The molecule has 2 nitrogen and oxygen atoms in total. The molecular formula is C17H28N2. The van der Waals surface area contributed by atoms with E-state index in [9.17, 15) is 0 Å². The summed E-state index contributed by atoms with van der Waals surface area (Å²) in [6, 6.07) is 3.37. The molecule has 1 heterocycles. The van der Waals surface area contributed by atoms with Crippen LogP contribution in [0.25, 0.3) is 0 Å². The maximum absolute atomic E-state index is 6.31. The maximum atomic E-state index is 6.31. The molecule has 0 radical (unpaired) electrons. The van der Waals surface area contributed by atoms with E-state index in [-0.39, 0.29) is 6.04 Å². The van der Waals surface area contributed by atoms with Crippen molar-refractivity contribution in [2.75, 3.05) is 0 Å². The molecule has 0 aliphatic heterocycles. The second-order valence-electron chi connectivity index (χ2n) is 6.74. The highest BCUT2D eigenvalue weighted by molar-refractivity contribution is 5.33. The van der Waals surface area contributed by atoms with Gasteiger partial charge in [-0.2, -0.15) is 0 Å². The fourth-order valence-electron chi connectivity index (χ4n) is 4.28. The summed E-state index contributed by atoms with van der Waals surface area (Å²) < 4.78 is 2.67. The lowest BCUT2D eigenvalue weighted by molar-refractivity contribution is 0.319. The predicted molar refractivity (Wildman–Crippen MR) is 80.3 cm³/mol. The molecule has 2 aliphatic carbocycles. The second-order valence-corrected chi connectivity index (χ2v) is 6.74. The maximum Gasteiger partial charge on any atom is 0.0361 e. The monoisotopic (exact) mass is 260 g/mol. The third-order valence-corrected chi connectivity index (χ3v) is 5.34. The average molecular weight is 260 g/mol. The highest BCUT2D eigenvalue weighted by Gasteiger charge is 2.28. The van der Waals surface area contributed by atoms with E-state index in [4.69, 9.17) is 5.73 Å². The zero-order valence-corrected chi connectivity index (χ0v) is 12.5. The van der Waals surface area contributed by atoms with E-state index >= 15 is 0 Å². The Bertz CT molecular complexity index is 446. The van der Waals surface area contributed by atoms with Crippen molar-refractivity contribution in [3.8, 4) is 0 Å². The van der Waals surface area contributed by atoms with E-state index < -0.39 is 0 Å². The number of rotatable bonds is 1. The Morgan fingerprint density at radius 2 is 1.89 bits per heavy atom. The Kier molecular flexibility index (Phi) is 3.70. The molecule has 106 valence electrons. The van der Waals surface area contributed by atoms with Crippen LogP contribution in [0.2, 0.25) is 0 Å². The smallest absolute Gasteiger partial charge is 0.0361 e. The number of nitrogens with two attached hydrogens (primary N) is 1. The first-order valence-electron chi connectivity index (χ1n) is 8.14. The molecule has 2 N–H and O–H groups in total. The van der Waals surface area contributed by atoms with E-state index in [2.05, 4.69) is 24.5 Å². The lowest BCUT2D eigenvalue weighted by Gasteiger charge is -2.29. The molecule has 1 aromatic heterocycles. The highest BCUT2D eigenvalue weighted by Crippen LogP contribution is 2.39. The highest BCUT2D eigenvalue weighted by atomic mass is 15.0. The molecule has 1 fully saturated rings. The van der Waals surface area contributed by atoms with Crippen LogP contribution < -0.4 is 5.73 Å². The van der Waals surface area contributed by atoms with Gasteiger partial charge in [0.25, 0.3) is 0 Å². The van der Waals surface area contributed by atoms with Gasteiger partial charge in [-0.15, -0.1) is 0 Å². The van der Waals surface area contributed by atoms with Crippen molar-refractivity contribution in [2.24, 2.45) is 11.7 Å². The van der Waals surface area contributed by atoms with Crippen LogP contribution in [0.15, 0.2) is 6.07 Å². The zero-order valence-electron chi connectivity index (χ0n) is 12.5. The van der Waals surface area contributed by atoms with Gasteiger partial charge in [-0.25, -0.2) is 0 Å². The first-order valence-corrected chi connectivity index (χ1v) is 8.14. The first-order chi connectivity index (χ1) is 9.18. The molecule has 0 amide bonds. The quantitative estimate of drug-likeness (QED) is 0.751. The molecule has 3 atom stereocenters. The lowest BCUT2D eigenvalue weighted by atomic mass is 9.92. The Hall–Kier alpha value is -0.760. The summed E-state index contributed by atoms with van der Waals surface area (Å²) >= 11 is 0. The fourth-order valence-corrected chi connectivity index (χ4v) is 4.28. The van der Waals surface area contributed by atoms with Gasteiger partial charge in [0.2, 0.25) is 0 Å². The van der Waals surface area contributed by atoms with Crippen LogP contribution in [0.1, 0.15) is 80.9 Å². The van der Waals surface area contributed by atoms with Crippen molar-refractivity contribution in [2.45, 2.75) is 77.3 Å². The third-order valence-electron chi connectivity index (χ3n) is 5.34. The van der Waals surface area contributed by atoms with Gasteiger partial charge in [0.05, 0.1) is 0 Å². The Morgan fingerprint density at radius 1 is 1.11 bits per heavy atom. The Labute approximate surface area is 117 Å².